The molecule has 0 saturated heterocycles. The van der Waals surface area contributed by atoms with Gasteiger partial charge in [-0.15, -0.1) is 0 Å². The van der Waals surface area contributed by atoms with Gasteiger partial charge in [0.25, 0.3) is 5.91 Å². The van der Waals surface area contributed by atoms with Crippen molar-refractivity contribution in [3.63, 3.8) is 0 Å². The van der Waals surface area contributed by atoms with E-state index in [1.165, 1.54) is 6.07 Å². The highest BCUT2D eigenvalue weighted by molar-refractivity contribution is 6.06. The molecule has 0 aliphatic heterocycles. The molecule has 1 unspecified atom stereocenters. The standard InChI is InChI=1S/C15H16N2O2/c1-10(16)11-6-2-4-8-13(11)17-15(19)12-7-3-5-9-14(12)18/h2-10,18H,16H2,1H3,(H,17,19). The summed E-state index contributed by atoms with van der Waals surface area (Å²) >= 11 is 0. The number of anilines is 1. The topological polar surface area (TPSA) is 75.3 Å². The predicted octanol–water partition coefficient (Wildman–Crippen LogP) is 2.66. The van der Waals surface area contributed by atoms with Crippen molar-refractivity contribution in [3.8, 4) is 5.75 Å². The summed E-state index contributed by atoms with van der Waals surface area (Å²) in [4.78, 5) is 12.1. The fourth-order valence-electron chi connectivity index (χ4n) is 1.86. The van der Waals surface area contributed by atoms with Crippen molar-refractivity contribution in [2.24, 2.45) is 5.73 Å². The van der Waals surface area contributed by atoms with Crippen molar-refractivity contribution in [3.05, 3.63) is 59.7 Å². The molecule has 98 valence electrons. The zero-order chi connectivity index (χ0) is 13.8. The Morgan fingerprint density at radius 2 is 1.79 bits per heavy atom. The van der Waals surface area contributed by atoms with E-state index in [1.54, 1.807) is 24.3 Å². The number of amides is 1. The highest BCUT2D eigenvalue weighted by atomic mass is 16.3. The van der Waals surface area contributed by atoms with Crippen LogP contribution in [0.3, 0.4) is 0 Å². The van der Waals surface area contributed by atoms with Gasteiger partial charge in [0.1, 0.15) is 5.75 Å². The molecule has 0 aliphatic carbocycles. The lowest BCUT2D eigenvalue weighted by atomic mass is 10.1. The van der Waals surface area contributed by atoms with E-state index < -0.39 is 0 Å². The maximum absolute atomic E-state index is 12.1. The molecule has 0 spiro atoms. The first kappa shape index (κ1) is 13.1. The Kier molecular flexibility index (Phi) is 3.82. The third-order valence-corrected chi connectivity index (χ3v) is 2.85. The second-order valence-electron chi connectivity index (χ2n) is 4.35. The van der Waals surface area contributed by atoms with Crippen molar-refractivity contribution < 1.29 is 9.90 Å². The molecule has 2 aromatic rings. The zero-order valence-corrected chi connectivity index (χ0v) is 10.6. The minimum absolute atomic E-state index is 0.0433. The average Bonchev–Trinajstić information content (AvgIpc) is 2.39. The van der Waals surface area contributed by atoms with Crippen molar-refractivity contribution in [2.75, 3.05) is 5.32 Å². The summed E-state index contributed by atoms with van der Waals surface area (Å²) in [6.07, 6.45) is 0. The molecule has 1 atom stereocenters. The van der Waals surface area contributed by atoms with Crippen LogP contribution in [0.15, 0.2) is 48.5 Å². The van der Waals surface area contributed by atoms with Gasteiger partial charge in [-0.25, -0.2) is 0 Å². The van der Waals surface area contributed by atoms with Gasteiger partial charge in [-0.3, -0.25) is 4.79 Å². The first-order valence-electron chi connectivity index (χ1n) is 6.03. The molecule has 4 N–H and O–H groups in total. The molecule has 0 saturated carbocycles. The molecule has 4 heteroatoms. The fourth-order valence-corrected chi connectivity index (χ4v) is 1.86. The van der Waals surface area contributed by atoms with E-state index in [-0.39, 0.29) is 23.3 Å². The minimum atomic E-state index is -0.355. The van der Waals surface area contributed by atoms with Crippen LogP contribution in [0.25, 0.3) is 0 Å². The van der Waals surface area contributed by atoms with Gasteiger partial charge in [0, 0.05) is 11.7 Å². The van der Waals surface area contributed by atoms with E-state index in [1.807, 2.05) is 25.1 Å². The molecule has 0 aromatic heterocycles. The summed E-state index contributed by atoms with van der Waals surface area (Å²) in [5.74, 6) is -0.399. The number of benzene rings is 2. The second kappa shape index (κ2) is 5.54. The predicted molar refractivity (Wildman–Crippen MR) is 75.1 cm³/mol. The largest absolute Gasteiger partial charge is 0.507 e. The summed E-state index contributed by atoms with van der Waals surface area (Å²) in [6.45, 7) is 1.85. The smallest absolute Gasteiger partial charge is 0.259 e. The minimum Gasteiger partial charge on any atom is -0.507 e. The molecule has 1 amide bonds. The van der Waals surface area contributed by atoms with Crippen LogP contribution in [0.2, 0.25) is 0 Å². The number of hydrogen-bond acceptors (Lipinski definition) is 3. The Bertz CT molecular complexity index is 594. The molecule has 2 rings (SSSR count). The van der Waals surface area contributed by atoms with Crippen molar-refractivity contribution >= 4 is 11.6 Å². The number of hydrogen-bond donors (Lipinski definition) is 3. The second-order valence-corrected chi connectivity index (χ2v) is 4.35. The zero-order valence-electron chi connectivity index (χ0n) is 10.6. The number of nitrogens with one attached hydrogen (secondary N) is 1. The molecular weight excluding hydrogens is 240 g/mol. The number of phenolic OH excluding ortho intramolecular Hbond substituents is 1. The molecule has 0 aliphatic rings. The summed E-state index contributed by atoms with van der Waals surface area (Å²) in [7, 11) is 0. The van der Waals surface area contributed by atoms with E-state index >= 15 is 0 Å². The maximum atomic E-state index is 12.1. The van der Waals surface area contributed by atoms with E-state index in [0.717, 1.165) is 5.56 Å². The monoisotopic (exact) mass is 256 g/mol. The molecular formula is C15H16N2O2. The van der Waals surface area contributed by atoms with Crippen LogP contribution in [0.5, 0.6) is 5.75 Å². The van der Waals surface area contributed by atoms with Gasteiger partial charge in [0.2, 0.25) is 0 Å². The first-order valence-corrected chi connectivity index (χ1v) is 6.03. The normalized spacial score (nSPS) is 11.9. The first-order chi connectivity index (χ1) is 9.09. The molecule has 0 fully saturated rings. The summed E-state index contributed by atoms with van der Waals surface area (Å²) in [6, 6.07) is 13.6. The number of phenols is 1. The van der Waals surface area contributed by atoms with Gasteiger partial charge >= 0.3 is 0 Å². The SMILES string of the molecule is CC(N)c1ccccc1NC(=O)c1ccccc1O. The lowest BCUT2D eigenvalue weighted by Crippen LogP contribution is -2.15. The van der Waals surface area contributed by atoms with Crippen LogP contribution in [0.4, 0.5) is 5.69 Å². The van der Waals surface area contributed by atoms with E-state index in [4.69, 9.17) is 5.73 Å². The van der Waals surface area contributed by atoms with E-state index in [0.29, 0.717) is 5.69 Å². The lowest BCUT2D eigenvalue weighted by molar-refractivity contribution is 0.102. The maximum Gasteiger partial charge on any atom is 0.259 e. The van der Waals surface area contributed by atoms with Crippen LogP contribution >= 0.6 is 0 Å². The third kappa shape index (κ3) is 2.92. The lowest BCUT2D eigenvalue weighted by Gasteiger charge is -2.13. The van der Waals surface area contributed by atoms with Gasteiger partial charge in [-0.05, 0) is 30.7 Å². The number of carbonyl (C=O) groups excluding carboxylic acids is 1. The Morgan fingerprint density at radius 1 is 1.16 bits per heavy atom. The Morgan fingerprint density at radius 3 is 2.47 bits per heavy atom. The quantitative estimate of drug-likeness (QED) is 0.790. The Balaban J connectivity index is 2.27. The molecule has 19 heavy (non-hydrogen) atoms. The van der Waals surface area contributed by atoms with Crippen LogP contribution in [0.1, 0.15) is 28.9 Å². The molecule has 0 bridgehead atoms. The fraction of sp³-hybridized carbons (Fsp3) is 0.133. The number of aromatic hydroxyl groups is 1. The van der Waals surface area contributed by atoms with Gasteiger partial charge in [-0.2, -0.15) is 0 Å². The van der Waals surface area contributed by atoms with Crippen LogP contribution in [-0.4, -0.2) is 11.0 Å². The highest BCUT2D eigenvalue weighted by Crippen LogP contribution is 2.23. The van der Waals surface area contributed by atoms with Crippen molar-refractivity contribution in [2.45, 2.75) is 13.0 Å². The average molecular weight is 256 g/mol. The number of rotatable bonds is 3. The summed E-state index contributed by atoms with van der Waals surface area (Å²) in [5.41, 5.74) is 7.61. The Hall–Kier alpha value is -2.33. The van der Waals surface area contributed by atoms with Gasteiger partial charge < -0.3 is 16.2 Å². The number of nitrogens with two attached hydrogens (primary N) is 1. The molecule has 0 radical (unpaired) electrons. The van der Waals surface area contributed by atoms with Gasteiger partial charge in [-0.1, -0.05) is 30.3 Å². The van der Waals surface area contributed by atoms with Crippen molar-refractivity contribution in [1.29, 1.82) is 0 Å². The van der Waals surface area contributed by atoms with Crippen LogP contribution < -0.4 is 11.1 Å². The van der Waals surface area contributed by atoms with Crippen LogP contribution in [0, 0.1) is 0 Å². The Labute approximate surface area is 111 Å². The van der Waals surface area contributed by atoms with E-state index in [2.05, 4.69) is 5.32 Å². The van der Waals surface area contributed by atoms with Crippen molar-refractivity contribution in [1.82, 2.24) is 0 Å². The summed E-state index contributed by atoms with van der Waals surface area (Å²) in [5, 5.41) is 12.4. The number of carbonyl (C=O) groups is 1. The third-order valence-electron chi connectivity index (χ3n) is 2.85. The van der Waals surface area contributed by atoms with Crippen LogP contribution in [-0.2, 0) is 0 Å². The highest BCUT2D eigenvalue weighted by Gasteiger charge is 2.13. The molecule has 0 heterocycles. The number of para-hydroxylation sites is 2. The van der Waals surface area contributed by atoms with Gasteiger partial charge in [0.15, 0.2) is 0 Å². The molecule has 2 aromatic carbocycles. The van der Waals surface area contributed by atoms with Gasteiger partial charge in [0.05, 0.1) is 5.56 Å². The van der Waals surface area contributed by atoms with E-state index in [9.17, 15) is 9.90 Å². The summed E-state index contributed by atoms with van der Waals surface area (Å²) < 4.78 is 0. The molecule has 4 nitrogen and oxygen atoms in total.